The predicted octanol–water partition coefficient (Wildman–Crippen LogP) is 9.48. The number of likely N-dealkylation sites (N-methyl/N-ethyl adjacent to an activating group) is 1. The molecule has 11 nitrogen and oxygen atoms in total. The molecule has 12 heteroatoms. The van der Waals surface area contributed by atoms with E-state index >= 15 is 0 Å². The molecule has 2 aromatic rings. The van der Waals surface area contributed by atoms with Gasteiger partial charge in [0.25, 0.3) is 0 Å². The summed E-state index contributed by atoms with van der Waals surface area (Å²) in [5.41, 5.74) is 2.43. The number of carbonyl (C=O) groups excluding carboxylic acids is 1. The van der Waals surface area contributed by atoms with Gasteiger partial charge in [0.05, 0.1) is 31.5 Å². The first kappa shape index (κ1) is 44.0. The minimum Gasteiger partial charge on any atom is -0.459 e. The number of aliphatic hydroxyl groups excluding tert-OH is 2. The molecule has 2 N–H and O–H groups in total. The van der Waals surface area contributed by atoms with Crippen LogP contribution in [0.5, 0.6) is 17.2 Å². The van der Waals surface area contributed by atoms with Crippen LogP contribution in [0.3, 0.4) is 0 Å². The summed E-state index contributed by atoms with van der Waals surface area (Å²) in [6.45, 7) is 11.4. The van der Waals surface area contributed by atoms with Crippen molar-refractivity contribution in [1.29, 1.82) is 0 Å². The van der Waals surface area contributed by atoms with Crippen molar-refractivity contribution >= 4 is 23.6 Å². The Balaban J connectivity index is 1.54. The van der Waals surface area contributed by atoms with Crippen molar-refractivity contribution in [2.24, 2.45) is 28.3 Å². The van der Waals surface area contributed by atoms with Crippen LogP contribution in [0.4, 0.5) is 4.79 Å². The van der Waals surface area contributed by atoms with Gasteiger partial charge < -0.3 is 43.6 Å². The number of nitrogens with zero attached hydrogens (tertiary/aromatic N) is 2. The normalized spacial score (nSPS) is 27.1. The van der Waals surface area contributed by atoms with E-state index in [-0.39, 0.29) is 56.0 Å². The highest BCUT2D eigenvalue weighted by molar-refractivity contribution is 7.98. The fourth-order valence-electron chi connectivity index (χ4n) is 9.00. The van der Waals surface area contributed by atoms with Gasteiger partial charge in [0.15, 0.2) is 0 Å². The zero-order chi connectivity index (χ0) is 41.3. The van der Waals surface area contributed by atoms with Crippen LogP contribution in [0, 0.1) is 23.2 Å². The highest BCUT2D eigenvalue weighted by Crippen LogP contribution is 2.62. The lowest BCUT2D eigenvalue weighted by molar-refractivity contribution is -0.254. The van der Waals surface area contributed by atoms with Gasteiger partial charge in [0, 0.05) is 49.5 Å². The molecule has 0 bridgehead atoms. The van der Waals surface area contributed by atoms with Crippen molar-refractivity contribution in [3.05, 3.63) is 72.3 Å². The molecule has 318 valence electrons. The lowest BCUT2D eigenvalue weighted by Crippen LogP contribution is -2.69. The lowest BCUT2D eigenvalue weighted by atomic mass is 9.55. The third-order valence-corrected chi connectivity index (χ3v) is 12.5. The van der Waals surface area contributed by atoms with Crippen LogP contribution in [0.1, 0.15) is 96.5 Å². The first-order chi connectivity index (χ1) is 28.0. The van der Waals surface area contributed by atoms with Crippen LogP contribution in [-0.2, 0) is 19.0 Å². The highest BCUT2D eigenvalue weighted by Gasteiger charge is 2.65. The number of rotatable bonds is 18. The molecule has 0 spiro atoms. The van der Waals surface area contributed by atoms with Gasteiger partial charge in [-0.15, -0.1) is 18.3 Å². The number of benzene rings is 2. The minimum absolute atomic E-state index is 0.0882. The van der Waals surface area contributed by atoms with E-state index in [4.69, 9.17) is 33.7 Å². The number of thioether (sulfide) groups is 1. The molecule has 2 heterocycles. The summed E-state index contributed by atoms with van der Waals surface area (Å²) in [7, 11) is 1.75. The summed E-state index contributed by atoms with van der Waals surface area (Å²) >= 11 is 1.68. The van der Waals surface area contributed by atoms with Gasteiger partial charge in [-0.1, -0.05) is 50.9 Å². The van der Waals surface area contributed by atoms with E-state index in [0.717, 1.165) is 72.4 Å². The molecule has 7 unspecified atom stereocenters. The molecule has 7 atom stereocenters. The zero-order valence-corrected chi connectivity index (χ0v) is 35.8. The molecule has 58 heavy (non-hydrogen) atoms. The maximum atomic E-state index is 14.1. The Morgan fingerprint density at radius 3 is 2.47 bits per heavy atom. The third-order valence-electron chi connectivity index (χ3n) is 11.7. The van der Waals surface area contributed by atoms with Crippen molar-refractivity contribution in [3.8, 4) is 17.2 Å². The van der Waals surface area contributed by atoms with Crippen LogP contribution in [0.2, 0.25) is 0 Å². The second-order valence-corrected chi connectivity index (χ2v) is 18.1. The van der Waals surface area contributed by atoms with Gasteiger partial charge in [-0.2, -0.15) is 0 Å². The van der Waals surface area contributed by atoms with Gasteiger partial charge in [-0.05, 0) is 110 Å². The SMILES string of the molecule is C=CCOC12Oc3ccc(Oc4ccc(SC)cc4)cc3C3C(CCCCO)C(CCCCO)C=C(C(=NOC4CCCCO4)CC1N(C)C(=O)OCC(C)(C)C)C32. The number of hydrogen-bond acceptors (Lipinski definition) is 11. The first-order valence-corrected chi connectivity index (χ1v) is 22.3. The predicted molar refractivity (Wildman–Crippen MR) is 226 cm³/mol. The first-order valence-electron chi connectivity index (χ1n) is 21.1. The Kier molecular flexibility index (Phi) is 15.3. The highest BCUT2D eigenvalue weighted by atomic mass is 32.2. The topological polar surface area (TPSA) is 129 Å². The fraction of sp³-hybridized carbons (Fsp3) is 0.609. The van der Waals surface area contributed by atoms with E-state index in [1.165, 1.54) is 0 Å². The number of carbonyl (C=O) groups is 1. The molecule has 1 saturated heterocycles. The minimum atomic E-state index is -1.37. The Morgan fingerprint density at radius 2 is 1.79 bits per heavy atom. The van der Waals surface area contributed by atoms with Crippen LogP contribution in [0.15, 0.2) is 76.8 Å². The molecule has 0 aromatic heterocycles. The maximum absolute atomic E-state index is 14.1. The summed E-state index contributed by atoms with van der Waals surface area (Å²) < 4.78 is 32.7. The number of amides is 1. The van der Waals surface area contributed by atoms with Crippen LogP contribution in [-0.4, -0.2) is 91.4 Å². The number of aliphatic hydroxyl groups is 2. The molecule has 2 aliphatic carbocycles. The van der Waals surface area contributed by atoms with Crippen molar-refractivity contribution in [2.75, 3.05) is 46.3 Å². The fourth-order valence-corrected chi connectivity index (χ4v) is 9.40. The Morgan fingerprint density at radius 1 is 1.05 bits per heavy atom. The van der Waals surface area contributed by atoms with Gasteiger partial charge >= 0.3 is 6.09 Å². The largest absolute Gasteiger partial charge is 0.459 e. The van der Waals surface area contributed by atoms with Gasteiger partial charge in [-0.3, -0.25) is 0 Å². The third kappa shape index (κ3) is 10.2. The second-order valence-electron chi connectivity index (χ2n) is 17.2. The van der Waals surface area contributed by atoms with Crippen LogP contribution >= 0.6 is 11.8 Å². The van der Waals surface area contributed by atoms with E-state index in [2.05, 4.69) is 18.7 Å². The maximum Gasteiger partial charge on any atom is 0.410 e. The standard InChI is InChI=1S/C46H64N2O9S/c1-7-25-54-46-40(48(5)44(51)53-30-45(2,3)4)29-38(47-57-41-16-10-13-26-52-41)36-27-31(14-8-11-23-49)35(15-9-12-24-50)42(43(36)46)37-28-33(19-22-39(37)56-46)55-32-17-20-34(58-6)21-18-32/h7,17-22,27-28,31,35,40-43,49-50H,1,8-16,23-26,29-30H2,2-6H3. The number of unbranched alkanes of at least 4 members (excludes halogenated alkanes) is 2. The van der Waals surface area contributed by atoms with E-state index in [9.17, 15) is 15.0 Å². The average Bonchev–Trinajstić information content (AvgIpc) is 3.22. The summed E-state index contributed by atoms with van der Waals surface area (Å²) in [5.74, 6) is 0.292. The number of allylic oxidation sites excluding steroid dienone is 1. The molecule has 1 amide bonds. The van der Waals surface area contributed by atoms with Crippen molar-refractivity contribution in [2.45, 2.75) is 114 Å². The number of fused-ring (bicyclic) bond motifs is 2. The second kappa shape index (κ2) is 20.1. The lowest BCUT2D eigenvalue weighted by Gasteiger charge is -2.59. The monoisotopic (exact) mass is 820 g/mol. The van der Waals surface area contributed by atoms with Crippen molar-refractivity contribution < 1.29 is 43.5 Å². The van der Waals surface area contributed by atoms with E-state index in [1.807, 2.05) is 63.4 Å². The molecule has 0 radical (unpaired) electrons. The molecule has 1 saturated carbocycles. The molecule has 2 aromatic carbocycles. The van der Waals surface area contributed by atoms with Gasteiger partial charge in [0.1, 0.15) is 23.3 Å². The molecule has 6 rings (SSSR count). The van der Waals surface area contributed by atoms with Crippen LogP contribution < -0.4 is 9.47 Å². The van der Waals surface area contributed by atoms with Gasteiger partial charge in [0.2, 0.25) is 12.1 Å². The number of oxime groups is 1. The van der Waals surface area contributed by atoms with Crippen molar-refractivity contribution in [3.63, 3.8) is 0 Å². The van der Waals surface area contributed by atoms with E-state index in [1.54, 1.807) is 29.8 Å². The number of hydrogen-bond donors (Lipinski definition) is 2. The molecular weight excluding hydrogens is 757 g/mol. The van der Waals surface area contributed by atoms with Crippen molar-refractivity contribution in [1.82, 2.24) is 4.90 Å². The smallest absolute Gasteiger partial charge is 0.410 e. The molecule has 2 aliphatic heterocycles. The van der Waals surface area contributed by atoms with E-state index < -0.39 is 30.1 Å². The zero-order valence-electron chi connectivity index (χ0n) is 35.0. The Labute approximate surface area is 349 Å². The average molecular weight is 821 g/mol. The molecule has 2 fully saturated rings. The molecule has 4 aliphatic rings. The Bertz CT molecular complexity index is 1740. The summed E-state index contributed by atoms with van der Waals surface area (Å²) in [4.78, 5) is 23.1. The quantitative estimate of drug-likeness (QED) is 0.0650. The number of ether oxygens (including phenoxy) is 5. The Hall–Kier alpha value is -3.55. The van der Waals surface area contributed by atoms with Gasteiger partial charge in [-0.25, -0.2) is 4.79 Å². The summed E-state index contributed by atoms with van der Waals surface area (Å²) in [6.07, 6.45) is 12.9. The summed E-state index contributed by atoms with van der Waals surface area (Å²) in [5, 5.41) is 24.7. The van der Waals surface area contributed by atoms with E-state index in [0.29, 0.717) is 30.9 Å². The van der Waals surface area contributed by atoms with Crippen LogP contribution in [0.25, 0.3) is 0 Å². The summed E-state index contributed by atoms with van der Waals surface area (Å²) in [6, 6.07) is 13.4. The molecular formula is C46H64N2O9S.